The molecule has 9 heteroatoms. The highest BCUT2D eigenvalue weighted by Crippen LogP contribution is 2.31. The van der Waals surface area contributed by atoms with Gasteiger partial charge in [0.25, 0.3) is 0 Å². The Bertz CT molecular complexity index is 986. The van der Waals surface area contributed by atoms with E-state index in [0.29, 0.717) is 36.9 Å². The first kappa shape index (κ1) is 25.7. The summed E-state index contributed by atoms with van der Waals surface area (Å²) in [5.74, 6) is 1.65. The van der Waals surface area contributed by atoms with E-state index in [1.54, 1.807) is 6.20 Å². The third-order valence-electron chi connectivity index (χ3n) is 7.81. The van der Waals surface area contributed by atoms with E-state index in [-0.39, 0.29) is 5.54 Å². The Kier molecular flexibility index (Phi) is 8.59. The van der Waals surface area contributed by atoms with E-state index in [9.17, 15) is 0 Å². The fourth-order valence-corrected chi connectivity index (χ4v) is 5.74. The summed E-state index contributed by atoms with van der Waals surface area (Å²) in [5.41, 5.74) is 7.97. The molecule has 4 heterocycles. The van der Waals surface area contributed by atoms with Gasteiger partial charge >= 0.3 is 0 Å². The summed E-state index contributed by atoms with van der Waals surface area (Å²) in [6, 6.07) is 9.07. The molecule has 0 aromatic carbocycles. The van der Waals surface area contributed by atoms with Crippen LogP contribution < -0.4 is 16.4 Å². The lowest BCUT2D eigenvalue weighted by Gasteiger charge is -2.36. The molecule has 5 rings (SSSR count). The van der Waals surface area contributed by atoms with Crippen molar-refractivity contribution in [2.24, 2.45) is 5.73 Å². The number of rotatable bonds is 7. The molecule has 0 amide bonds. The molecule has 36 heavy (non-hydrogen) atoms. The lowest BCUT2D eigenvalue weighted by molar-refractivity contribution is 0.0574. The van der Waals surface area contributed by atoms with E-state index in [2.05, 4.69) is 20.5 Å². The van der Waals surface area contributed by atoms with Gasteiger partial charge in [-0.05, 0) is 63.1 Å². The maximum absolute atomic E-state index is 6.56. The van der Waals surface area contributed by atoms with Crippen LogP contribution in [0.1, 0.15) is 44.9 Å². The van der Waals surface area contributed by atoms with Crippen LogP contribution in [0.3, 0.4) is 0 Å². The summed E-state index contributed by atoms with van der Waals surface area (Å²) in [6.45, 7) is 6.07. The van der Waals surface area contributed by atoms with Crippen LogP contribution in [-0.4, -0.2) is 78.6 Å². The number of nitrogens with one attached hydrogen (secondary N) is 2. The molecular weight excluding hydrogens is 476 g/mol. The van der Waals surface area contributed by atoms with Crippen molar-refractivity contribution < 1.29 is 9.47 Å². The molecule has 2 aromatic rings. The van der Waals surface area contributed by atoms with Gasteiger partial charge in [0.15, 0.2) is 0 Å². The smallest absolute Gasteiger partial charge is 0.126 e. The predicted molar refractivity (Wildman–Crippen MR) is 145 cm³/mol. The van der Waals surface area contributed by atoms with Crippen LogP contribution in [0.5, 0.6) is 0 Å². The van der Waals surface area contributed by atoms with Crippen LogP contribution in [0.4, 0.5) is 11.6 Å². The zero-order chi connectivity index (χ0) is 24.8. The fourth-order valence-electron chi connectivity index (χ4n) is 5.54. The predicted octanol–water partition coefficient (Wildman–Crippen LogP) is 4.16. The van der Waals surface area contributed by atoms with E-state index < -0.39 is 0 Å². The van der Waals surface area contributed by atoms with Gasteiger partial charge in [-0.3, -0.25) is 4.90 Å². The van der Waals surface area contributed by atoms with Crippen LogP contribution >= 0.6 is 11.6 Å². The Morgan fingerprint density at radius 1 is 1.03 bits per heavy atom. The van der Waals surface area contributed by atoms with Crippen molar-refractivity contribution in [1.29, 1.82) is 0 Å². The lowest BCUT2D eigenvalue weighted by Crippen LogP contribution is -2.50. The van der Waals surface area contributed by atoms with Gasteiger partial charge in [0.2, 0.25) is 0 Å². The van der Waals surface area contributed by atoms with Gasteiger partial charge in [0.1, 0.15) is 11.6 Å². The van der Waals surface area contributed by atoms with Gasteiger partial charge in [0.05, 0.1) is 17.3 Å². The van der Waals surface area contributed by atoms with Gasteiger partial charge in [-0.1, -0.05) is 17.7 Å². The van der Waals surface area contributed by atoms with Crippen molar-refractivity contribution in [1.82, 2.24) is 14.9 Å². The molecule has 3 fully saturated rings. The van der Waals surface area contributed by atoms with Crippen molar-refractivity contribution in [2.75, 3.05) is 56.7 Å². The average Bonchev–Trinajstić information content (AvgIpc) is 3.20. The van der Waals surface area contributed by atoms with Crippen molar-refractivity contribution in [3.63, 3.8) is 0 Å². The summed E-state index contributed by atoms with van der Waals surface area (Å²) < 4.78 is 11.1. The molecule has 8 nitrogen and oxygen atoms in total. The van der Waals surface area contributed by atoms with Gasteiger partial charge < -0.3 is 25.8 Å². The average molecular weight is 515 g/mol. The third-order valence-corrected chi connectivity index (χ3v) is 8.11. The molecule has 0 atom stereocenters. The zero-order valence-corrected chi connectivity index (χ0v) is 21.8. The monoisotopic (exact) mass is 514 g/mol. The lowest BCUT2D eigenvalue weighted by atomic mass is 9.90. The Morgan fingerprint density at radius 3 is 2.67 bits per heavy atom. The molecule has 0 spiro atoms. The van der Waals surface area contributed by atoms with Crippen molar-refractivity contribution in [3.05, 3.63) is 35.5 Å². The fraction of sp³-hybridized carbons (Fsp3) is 0.630. The van der Waals surface area contributed by atoms with E-state index in [0.717, 1.165) is 81.3 Å². The molecule has 1 aliphatic carbocycles. The molecule has 2 aliphatic heterocycles. The number of pyridine rings is 2. The largest absolute Gasteiger partial charge is 0.381 e. The standard InChI is InChI=1S/C27H39ClN6O2/c28-23-18-30-26(32-20-5-7-21(8-6-20)34-11-2-13-35-16-12-34)17-22(23)24-3-1-4-25(33-24)31-19-27(29)9-14-36-15-10-27/h1,3-4,17-18,20-21H,2,5-16,19,29H2,(H,30,32)(H,31,33)/t20-,21-. The Morgan fingerprint density at radius 2 is 1.83 bits per heavy atom. The number of anilines is 2. The van der Waals surface area contributed by atoms with Crippen LogP contribution in [0, 0.1) is 0 Å². The summed E-state index contributed by atoms with van der Waals surface area (Å²) in [7, 11) is 0. The second kappa shape index (κ2) is 12.0. The highest BCUT2D eigenvalue weighted by atomic mass is 35.5. The quantitative estimate of drug-likeness (QED) is 0.506. The van der Waals surface area contributed by atoms with E-state index in [4.69, 9.17) is 31.8 Å². The van der Waals surface area contributed by atoms with E-state index in [1.807, 2.05) is 24.3 Å². The summed E-state index contributed by atoms with van der Waals surface area (Å²) in [4.78, 5) is 12.0. The Labute approximate surface area is 219 Å². The van der Waals surface area contributed by atoms with E-state index in [1.165, 1.54) is 12.8 Å². The molecule has 2 aromatic heterocycles. The minimum atomic E-state index is -0.263. The number of aromatic nitrogens is 2. The Balaban J connectivity index is 1.19. The Hall–Kier alpha value is -1.97. The number of hydrogen-bond acceptors (Lipinski definition) is 8. The first-order valence-corrected chi connectivity index (χ1v) is 13.8. The molecule has 3 aliphatic rings. The first-order valence-electron chi connectivity index (χ1n) is 13.4. The number of ether oxygens (including phenoxy) is 2. The maximum atomic E-state index is 6.56. The molecule has 196 valence electrons. The van der Waals surface area contributed by atoms with Crippen molar-refractivity contribution in [3.8, 4) is 11.3 Å². The summed E-state index contributed by atoms with van der Waals surface area (Å²) in [5, 5.41) is 7.67. The summed E-state index contributed by atoms with van der Waals surface area (Å²) in [6.07, 6.45) is 9.27. The highest BCUT2D eigenvalue weighted by molar-refractivity contribution is 6.33. The van der Waals surface area contributed by atoms with Crippen LogP contribution in [-0.2, 0) is 9.47 Å². The number of hydrogen-bond donors (Lipinski definition) is 3. The van der Waals surface area contributed by atoms with Crippen LogP contribution in [0.2, 0.25) is 5.02 Å². The highest BCUT2D eigenvalue weighted by Gasteiger charge is 2.28. The minimum Gasteiger partial charge on any atom is -0.381 e. The molecule has 4 N–H and O–H groups in total. The van der Waals surface area contributed by atoms with E-state index >= 15 is 0 Å². The molecule has 0 unspecified atom stereocenters. The number of nitrogens with two attached hydrogens (primary N) is 1. The van der Waals surface area contributed by atoms with Crippen molar-refractivity contribution in [2.45, 2.75) is 62.6 Å². The molecular formula is C27H39ClN6O2. The number of nitrogens with zero attached hydrogens (tertiary/aromatic N) is 3. The molecule has 0 radical (unpaired) electrons. The molecule has 2 saturated heterocycles. The van der Waals surface area contributed by atoms with Gasteiger partial charge in [0, 0.05) is 68.8 Å². The van der Waals surface area contributed by atoms with Crippen LogP contribution in [0.15, 0.2) is 30.5 Å². The van der Waals surface area contributed by atoms with Crippen molar-refractivity contribution >= 4 is 23.2 Å². The van der Waals surface area contributed by atoms with Crippen LogP contribution in [0.25, 0.3) is 11.3 Å². The summed E-state index contributed by atoms with van der Waals surface area (Å²) >= 11 is 6.56. The minimum absolute atomic E-state index is 0.263. The number of halogens is 1. The third kappa shape index (κ3) is 6.66. The SMILES string of the molecule is NC1(CNc2cccc(-c3cc(N[C@H]4CC[C@H](N5CCCOCC5)CC4)ncc3Cl)n2)CCOCC1. The second-order valence-electron chi connectivity index (χ2n) is 10.4. The van der Waals surface area contributed by atoms with Gasteiger partial charge in [-0.2, -0.15) is 0 Å². The molecule has 1 saturated carbocycles. The van der Waals surface area contributed by atoms with Gasteiger partial charge in [-0.25, -0.2) is 9.97 Å². The normalized spacial score (nSPS) is 25.2. The first-order chi connectivity index (χ1) is 17.6. The topological polar surface area (TPSA) is 97.6 Å². The van der Waals surface area contributed by atoms with Gasteiger partial charge in [-0.15, -0.1) is 0 Å². The molecule has 0 bridgehead atoms. The second-order valence-corrected chi connectivity index (χ2v) is 10.8. The maximum Gasteiger partial charge on any atom is 0.126 e. The zero-order valence-electron chi connectivity index (χ0n) is 21.1.